The number of fused-ring (bicyclic) bond motifs is 1. The molecule has 0 amide bonds. The van der Waals surface area contributed by atoms with E-state index in [0.29, 0.717) is 12.2 Å². The van der Waals surface area contributed by atoms with E-state index in [0.717, 1.165) is 23.6 Å². The van der Waals surface area contributed by atoms with E-state index in [4.69, 9.17) is 44.6 Å². The van der Waals surface area contributed by atoms with Gasteiger partial charge in [0.2, 0.25) is 0 Å². The van der Waals surface area contributed by atoms with Gasteiger partial charge in [-0.3, -0.25) is 0 Å². The summed E-state index contributed by atoms with van der Waals surface area (Å²) in [5.74, 6) is 0.760. The Kier molecular flexibility index (Phi) is 16.1. The molecule has 2 fully saturated rings. The predicted molar refractivity (Wildman–Crippen MR) is 148 cm³/mol. The Morgan fingerprint density at radius 2 is 1.19 bits per heavy atom. The second-order valence-corrected chi connectivity index (χ2v) is 17.7. The molecule has 13 heteroatoms. The quantitative estimate of drug-likeness (QED) is 0.256. The molecule has 0 radical (unpaired) electrons. The summed E-state index contributed by atoms with van der Waals surface area (Å²) < 4.78 is 52.6. The fourth-order valence-corrected chi connectivity index (χ4v) is 8.36. The van der Waals surface area contributed by atoms with Crippen LogP contribution in [-0.4, -0.2) is 103 Å². The van der Waals surface area contributed by atoms with Crippen LogP contribution < -0.4 is 5.19 Å². The number of benzene rings is 1. The molecule has 1 heterocycles. The molecule has 2 aliphatic rings. The molecule has 1 aromatic carbocycles. The Labute approximate surface area is 226 Å². The van der Waals surface area contributed by atoms with Crippen LogP contribution in [-0.2, 0) is 44.6 Å². The largest absolute Gasteiger partial charge is 0.536 e. The Morgan fingerprint density at radius 3 is 1.57 bits per heavy atom. The van der Waals surface area contributed by atoms with Crippen molar-refractivity contribution in [3.05, 3.63) is 30.3 Å². The molecule has 0 bridgehead atoms. The van der Waals surface area contributed by atoms with Crippen LogP contribution in [0, 0.1) is 5.92 Å². The minimum absolute atomic E-state index is 0.558. The van der Waals surface area contributed by atoms with E-state index in [-0.39, 0.29) is 0 Å². The molecule has 3 atom stereocenters. The summed E-state index contributed by atoms with van der Waals surface area (Å²) in [5.41, 5.74) is 0. The monoisotopic (exact) mass is 580 g/mol. The third-order valence-corrected chi connectivity index (χ3v) is 14.6. The average Bonchev–Trinajstić information content (AvgIpc) is 3.75. The molecule has 0 spiro atoms. The smallest absolute Gasteiger partial charge is 0.377 e. The van der Waals surface area contributed by atoms with Crippen molar-refractivity contribution in [1.82, 2.24) is 0 Å². The van der Waals surface area contributed by atoms with E-state index in [1.165, 1.54) is 19.3 Å². The van der Waals surface area contributed by atoms with Crippen LogP contribution in [0.2, 0.25) is 12.6 Å². The molecule has 216 valence electrons. The summed E-state index contributed by atoms with van der Waals surface area (Å²) >= 11 is 0. The van der Waals surface area contributed by atoms with Crippen molar-refractivity contribution in [2.24, 2.45) is 5.92 Å². The summed E-state index contributed by atoms with van der Waals surface area (Å²) in [6, 6.07) is 10.6. The molecule has 1 aliphatic carbocycles. The zero-order chi connectivity index (χ0) is 28.0. The molecular formula is C24H48O10Si3. The van der Waals surface area contributed by atoms with Crippen molar-refractivity contribution in [2.75, 3.05) is 64.0 Å². The first-order chi connectivity index (χ1) is 17.7. The van der Waals surface area contributed by atoms with Crippen molar-refractivity contribution in [3.63, 3.8) is 0 Å². The number of rotatable bonds is 13. The predicted octanol–water partition coefficient (Wildman–Crippen LogP) is 3.09. The van der Waals surface area contributed by atoms with Gasteiger partial charge in [0.15, 0.2) is 0 Å². The minimum Gasteiger partial charge on any atom is -0.377 e. The Balaban J connectivity index is 0.000000295. The number of hydrogen-bond donors (Lipinski definition) is 0. The number of ether oxygens (including phenoxy) is 1. The highest BCUT2D eigenvalue weighted by atomic mass is 28.4. The third kappa shape index (κ3) is 10.5. The van der Waals surface area contributed by atoms with E-state index in [2.05, 4.69) is 0 Å². The highest BCUT2D eigenvalue weighted by Gasteiger charge is 2.45. The molecule has 1 aromatic rings. The molecule has 3 rings (SSSR count). The fraction of sp³-hybridized carbons (Fsp3) is 0.750. The standard InChI is InChI=1S/C11H22O4Si.C9H14O3Si.C4H12O3Si/c1-12-16(13-2,14-3)7-6-9-4-5-10-11(8-9)15-10;1-10-13(11-2,12-3)9-7-5-4-6-8-9;1-5-8(4,6-2)7-3/h9-11H,4-8H2,1-3H3;4-8H,1-3H3;1-4H3. The summed E-state index contributed by atoms with van der Waals surface area (Å²) in [6.45, 7) is 1.83. The molecule has 37 heavy (non-hydrogen) atoms. The number of hydrogen-bond acceptors (Lipinski definition) is 10. The zero-order valence-electron chi connectivity index (χ0n) is 24.2. The topological polar surface area (TPSA) is 95.6 Å². The Hall–Kier alpha value is -0.529. The van der Waals surface area contributed by atoms with Gasteiger partial charge in [-0.05, 0) is 31.6 Å². The zero-order valence-corrected chi connectivity index (χ0v) is 27.2. The van der Waals surface area contributed by atoms with E-state index in [1.807, 2.05) is 36.9 Å². The van der Waals surface area contributed by atoms with E-state index in [1.54, 1.807) is 64.0 Å². The minimum atomic E-state index is -2.59. The maximum absolute atomic E-state index is 5.54. The van der Waals surface area contributed by atoms with Gasteiger partial charge in [-0.25, -0.2) is 0 Å². The summed E-state index contributed by atoms with van der Waals surface area (Å²) in [5, 5.41) is 0.975. The second-order valence-electron chi connectivity index (χ2n) is 8.74. The van der Waals surface area contributed by atoms with E-state index in [9.17, 15) is 0 Å². The molecular weight excluding hydrogens is 533 g/mol. The molecule has 0 aromatic heterocycles. The summed E-state index contributed by atoms with van der Waals surface area (Å²) in [4.78, 5) is 0. The van der Waals surface area contributed by atoms with Crippen LogP contribution in [0.15, 0.2) is 30.3 Å². The van der Waals surface area contributed by atoms with Crippen molar-refractivity contribution >= 4 is 31.6 Å². The fourth-order valence-electron chi connectivity index (χ4n) is 4.18. The van der Waals surface area contributed by atoms with Crippen LogP contribution in [0.3, 0.4) is 0 Å². The second kappa shape index (κ2) is 17.2. The van der Waals surface area contributed by atoms with Gasteiger partial charge in [-0.15, -0.1) is 0 Å². The van der Waals surface area contributed by atoms with Crippen molar-refractivity contribution in [3.8, 4) is 0 Å². The van der Waals surface area contributed by atoms with Crippen LogP contribution in [0.1, 0.15) is 25.7 Å². The molecule has 10 nitrogen and oxygen atoms in total. The van der Waals surface area contributed by atoms with Gasteiger partial charge in [0, 0.05) is 81.8 Å². The Bertz CT molecular complexity index is 693. The lowest BCUT2D eigenvalue weighted by Gasteiger charge is -2.27. The molecule has 1 aliphatic heterocycles. The number of epoxide rings is 1. The van der Waals surface area contributed by atoms with Crippen molar-refractivity contribution < 1.29 is 44.6 Å². The summed E-state index contributed by atoms with van der Waals surface area (Å²) in [6.07, 6.45) is 6.01. The van der Waals surface area contributed by atoms with Crippen LogP contribution in [0.5, 0.6) is 0 Å². The van der Waals surface area contributed by atoms with Crippen LogP contribution in [0.25, 0.3) is 0 Å². The first kappa shape index (κ1) is 34.5. The molecule has 3 unspecified atom stereocenters. The van der Waals surface area contributed by atoms with Gasteiger partial charge >= 0.3 is 26.4 Å². The van der Waals surface area contributed by atoms with E-state index < -0.39 is 26.4 Å². The maximum atomic E-state index is 5.54. The SMILES string of the molecule is CO[Si](C)(OC)OC.CO[Si](CCC1CCC2OC2C1)(OC)OC.CO[Si](OC)(OC)c1ccccc1. The highest BCUT2D eigenvalue weighted by molar-refractivity contribution is 6.75. The third-order valence-electron chi connectivity index (χ3n) is 6.95. The first-order valence-electron chi connectivity index (χ1n) is 12.4. The maximum Gasteiger partial charge on any atom is 0.536 e. The van der Waals surface area contributed by atoms with Gasteiger partial charge in [0.05, 0.1) is 12.2 Å². The lowest BCUT2D eigenvalue weighted by molar-refractivity contribution is 0.120. The summed E-state index contributed by atoms with van der Waals surface area (Å²) in [7, 11) is 7.48. The molecule has 1 saturated heterocycles. The molecule has 1 saturated carbocycles. The highest BCUT2D eigenvalue weighted by Crippen LogP contribution is 2.41. The van der Waals surface area contributed by atoms with Gasteiger partial charge in [0.25, 0.3) is 0 Å². The molecule has 0 N–H and O–H groups in total. The average molecular weight is 581 g/mol. The first-order valence-corrected chi connectivity index (χ1v) is 18.3. The van der Waals surface area contributed by atoms with Gasteiger partial charge in [-0.2, -0.15) is 0 Å². The lowest BCUT2D eigenvalue weighted by Crippen LogP contribution is -2.54. The van der Waals surface area contributed by atoms with Gasteiger partial charge in [-0.1, -0.05) is 30.3 Å². The van der Waals surface area contributed by atoms with Crippen molar-refractivity contribution in [1.29, 1.82) is 0 Å². The lowest BCUT2D eigenvalue weighted by atomic mass is 9.88. The van der Waals surface area contributed by atoms with Gasteiger partial charge < -0.3 is 44.6 Å². The van der Waals surface area contributed by atoms with Crippen LogP contribution >= 0.6 is 0 Å². The normalized spacial score (nSPS) is 21.2. The Morgan fingerprint density at radius 1 is 0.676 bits per heavy atom. The van der Waals surface area contributed by atoms with E-state index >= 15 is 0 Å². The van der Waals surface area contributed by atoms with Crippen LogP contribution in [0.4, 0.5) is 0 Å². The van der Waals surface area contributed by atoms with Gasteiger partial charge in [0.1, 0.15) is 0 Å². The van der Waals surface area contributed by atoms with Crippen molar-refractivity contribution in [2.45, 2.75) is 50.5 Å².